The van der Waals surface area contributed by atoms with Crippen LogP contribution in [0.25, 0.3) is 5.57 Å². The smallest absolute Gasteiger partial charge is 0.303 e. The molecular formula is C22H23ClFO4P. The largest absolute Gasteiger partial charge is 0.485 e. The molecule has 7 heteroatoms. The van der Waals surface area contributed by atoms with Gasteiger partial charge in [0.25, 0.3) is 0 Å². The summed E-state index contributed by atoms with van der Waals surface area (Å²) in [5.74, 6) is -1.24. The molecular weight excluding hydrogens is 414 g/mol. The molecule has 0 fully saturated rings. The first-order valence-corrected chi connectivity index (χ1v) is 10.2. The lowest BCUT2D eigenvalue weighted by atomic mass is 10.0. The van der Waals surface area contributed by atoms with Gasteiger partial charge in [0.1, 0.15) is 6.61 Å². The molecule has 29 heavy (non-hydrogen) atoms. The van der Waals surface area contributed by atoms with Crippen molar-refractivity contribution in [2.24, 2.45) is 0 Å². The molecule has 3 rings (SSSR count). The van der Waals surface area contributed by atoms with Crippen LogP contribution in [0.3, 0.4) is 0 Å². The lowest BCUT2D eigenvalue weighted by molar-refractivity contribution is -0.136. The molecule has 0 radical (unpaired) electrons. The zero-order valence-corrected chi connectivity index (χ0v) is 18.0. The van der Waals surface area contributed by atoms with Gasteiger partial charge >= 0.3 is 5.97 Å². The molecule has 2 aromatic rings. The van der Waals surface area contributed by atoms with Crippen LogP contribution in [0.5, 0.6) is 5.75 Å². The van der Waals surface area contributed by atoms with Gasteiger partial charge in [-0.25, -0.2) is 4.39 Å². The summed E-state index contributed by atoms with van der Waals surface area (Å²) in [4.78, 5) is 10.7. The minimum absolute atomic E-state index is 0.0422. The molecule has 2 atom stereocenters. The van der Waals surface area contributed by atoms with Gasteiger partial charge in [-0.15, -0.1) is 9.24 Å². The van der Waals surface area contributed by atoms with Crippen LogP contribution in [0.2, 0.25) is 5.02 Å². The SMILES string of the molecule is COC1CC(COc2c(F)cc(CCC(=O)O)cc2P)=C(c2ccc(Cl)cc2)C1. The maximum absolute atomic E-state index is 14.6. The molecule has 1 aliphatic rings. The number of carboxylic acid groups (broad SMARTS) is 1. The number of aryl methyl sites for hydroxylation is 1. The van der Waals surface area contributed by atoms with Crippen molar-refractivity contribution < 1.29 is 23.8 Å². The molecule has 0 spiro atoms. The highest BCUT2D eigenvalue weighted by molar-refractivity contribution is 7.27. The Morgan fingerprint density at radius 2 is 2.00 bits per heavy atom. The minimum atomic E-state index is -0.911. The van der Waals surface area contributed by atoms with Crippen LogP contribution < -0.4 is 10.0 Å². The lowest BCUT2D eigenvalue weighted by Gasteiger charge is -2.14. The molecule has 0 saturated carbocycles. The van der Waals surface area contributed by atoms with Crippen molar-refractivity contribution in [2.75, 3.05) is 13.7 Å². The number of hydrogen-bond donors (Lipinski definition) is 1. The van der Waals surface area contributed by atoms with Gasteiger partial charge in [0, 0.05) is 23.9 Å². The molecule has 2 unspecified atom stereocenters. The fourth-order valence-corrected chi connectivity index (χ4v) is 4.07. The molecule has 1 N–H and O–H groups in total. The molecule has 0 heterocycles. The Hall–Kier alpha value is -1.94. The van der Waals surface area contributed by atoms with Crippen molar-refractivity contribution in [3.05, 3.63) is 63.9 Å². The second kappa shape index (κ2) is 9.71. The number of benzene rings is 2. The number of methoxy groups -OCH3 is 1. The Morgan fingerprint density at radius 3 is 2.62 bits per heavy atom. The summed E-state index contributed by atoms with van der Waals surface area (Å²) in [6, 6.07) is 10.7. The zero-order valence-electron chi connectivity index (χ0n) is 16.1. The van der Waals surface area contributed by atoms with Gasteiger partial charge in [-0.3, -0.25) is 4.79 Å². The van der Waals surface area contributed by atoms with Crippen molar-refractivity contribution in [2.45, 2.75) is 31.8 Å². The van der Waals surface area contributed by atoms with Crippen molar-refractivity contribution >= 4 is 37.7 Å². The van der Waals surface area contributed by atoms with Crippen LogP contribution in [0.1, 0.15) is 30.4 Å². The number of rotatable bonds is 8. The quantitative estimate of drug-likeness (QED) is 0.613. The highest BCUT2D eigenvalue weighted by Gasteiger charge is 2.26. The number of halogens is 2. The predicted molar refractivity (Wildman–Crippen MR) is 116 cm³/mol. The zero-order chi connectivity index (χ0) is 21.0. The summed E-state index contributed by atoms with van der Waals surface area (Å²) >= 11 is 6.00. The molecule has 0 amide bonds. The molecule has 4 nitrogen and oxygen atoms in total. The topological polar surface area (TPSA) is 55.8 Å². The predicted octanol–water partition coefficient (Wildman–Crippen LogP) is 4.64. The van der Waals surface area contributed by atoms with Crippen molar-refractivity contribution in [3.8, 4) is 5.75 Å². The van der Waals surface area contributed by atoms with Gasteiger partial charge in [-0.05, 0) is 65.8 Å². The van der Waals surface area contributed by atoms with Crippen LogP contribution in [-0.4, -0.2) is 30.9 Å². The number of hydrogen-bond acceptors (Lipinski definition) is 3. The molecule has 0 bridgehead atoms. The average molecular weight is 437 g/mol. The highest BCUT2D eigenvalue weighted by Crippen LogP contribution is 2.36. The Labute approximate surface area is 176 Å². The van der Waals surface area contributed by atoms with Gasteiger partial charge in [0.2, 0.25) is 0 Å². The summed E-state index contributed by atoms with van der Waals surface area (Å²) in [6.07, 6.45) is 1.78. The second-order valence-corrected chi connectivity index (χ2v) is 8.09. The normalized spacial score (nSPS) is 16.3. The second-order valence-electron chi connectivity index (χ2n) is 7.03. The minimum Gasteiger partial charge on any atom is -0.485 e. The summed E-state index contributed by atoms with van der Waals surface area (Å²) in [5, 5.41) is 10.0. The number of aliphatic carboxylic acids is 1. The Kier molecular flexibility index (Phi) is 7.28. The molecule has 0 aromatic heterocycles. The lowest BCUT2D eigenvalue weighted by Crippen LogP contribution is -2.11. The summed E-state index contributed by atoms with van der Waals surface area (Å²) in [7, 11) is 4.15. The van der Waals surface area contributed by atoms with E-state index in [1.807, 2.05) is 24.3 Å². The number of carbonyl (C=O) groups is 1. The van der Waals surface area contributed by atoms with E-state index in [0.717, 1.165) is 29.6 Å². The fourth-order valence-electron chi connectivity index (χ4n) is 3.51. The third-order valence-corrected chi connectivity index (χ3v) is 5.69. The first-order chi connectivity index (χ1) is 13.9. The highest BCUT2D eigenvalue weighted by atomic mass is 35.5. The van der Waals surface area contributed by atoms with E-state index in [4.69, 9.17) is 26.2 Å². The van der Waals surface area contributed by atoms with Gasteiger partial charge < -0.3 is 14.6 Å². The standard InChI is InChI=1S/C22H23ClFO4P/c1-27-17-10-15(18(11-17)14-3-5-16(23)6-4-14)12-28-22-19(24)8-13(9-20(22)29)2-7-21(25)26/h3-6,8-9,17H,2,7,10-12,29H2,1H3,(H,25,26). The van der Waals surface area contributed by atoms with Crippen LogP contribution in [0.15, 0.2) is 42.0 Å². The van der Waals surface area contributed by atoms with Gasteiger partial charge in [-0.1, -0.05) is 23.7 Å². The molecule has 2 aromatic carbocycles. The van der Waals surface area contributed by atoms with Crippen molar-refractivity contribution in [1.29, 1.82) is 0 Å². The van der Waals surface area contributed by atoms with Crippen LogP contribution in [0, 0.1) is 5.82 Å². The van der Waals surface area contributed by atoms with Crippen molar-refractivity contribution in [1.82, 2.24) is 0 Å². The van der Waals surface area contributed by atoms with Gasteiger partial charge in [0.15, 0.2) is 11.6 Å². The van der Waals surface area contributed by atoms with E-state index in [2.05, 4.69) is 9.24 Å². The Bertz CT molecular complexity index is 904. The Morgan fingerprint density at radius 1 is 1.28 bits per heavy atom. The van der Waals surface area contributed by atoms with E-state index < -0.39 is 11.8 Å². The van der Waals surface area contributed by atoms with Crippen LogP contribution in [-0.2, 0) is 16.0 Å². The third kappa shape index (κ3) is 5.57. The molecule has 0 saturated heterocycles. The van der Waals surface area contributed by atoms with E-state index in [1.54, 1.807) is 13.2 Å². The summed E-state index contributed by atoms with van der Waals surface area (Å²) in [6.45, 7) is 0.255. The molecule has 1 aliphatic carbocycles. The first-order valence-electron chi connectivity index (χ1n) is 9.29. The first kappa shape index (κ1) is 21.8. The van der Waals surface area contributed by atoms with E-state index in [-0.39, 0.29) is 31.3 Å². The van der Waals surface area contributed by atoms with E-state index in [1.165, 1.54) is 6.07 Å². The van der Waals surface area contributed by atoms with Crippen molar-refractivity contribution in [3.63, 3.8) is 0 Å². The van der Waals surface area contributed by atoms with Gasteiger partial charge in [-0.2, -0.15) is 0 Å². The Balaban J connectivity index is 1.78. The monoisotopic (exact) mass is 436 g/mol. The van der Waals surface area contributed by atoms with Crippen LogP contribution >= 0.6 is 20.8 Å². The van der Waals surface area contributed by atoms with E-state index in [9.17, 15) is 9.18 Å². The molecule has 154 valence electrons. The summed E-state index contributed by atoms with van der Waals surface area (Å²) < 4.78 is 26.0. The maximum Gasteiger partial charge on any atom is 0.303 e. The number of ether oxygens (including phenoxy) is 2. The maximum atomic E-state index is 14.6. The average Bonchev–Trinajstić information content (AvgIpc) is 3.09. The van der Waals surface area contributed by atoms with E-state index >= 15 is 0 Å². The molecule has 0 aliphatic heterocycles. The third-order valence-electron chi connectivity index (χ3n) is 5.01. The number of carboxylic acids is 1. The van der Waals surface area contributed by atoms with Gasteiger partial charge in [0.05, 0.1) is 6.10 Å². The van der Waals surface area contributed by atoms with Crippen LogP contribution in [0.4, 0.5) is 4.39 Å². The summed E-state index contributed by atoms with van der Waals surface area (Å²) in [5.41, 5.74) is 3.89. The van der Waals surface area contributed by atoms with E-state index in [0.29, 0.717) is 15.9 Å². The fraction of sp³-hybridized carbons (Fsp3) is 0.318.